The van der Waals surface area contributed by atoms with Crippen molar-refractivity contribution < 1.29 is 18.6 Å². The first-order chi connectivity index (χ1) is 10.0. The fourth-order valence-electron chi connectivity index (χ4n) is 1.77. The zero-order chi connectivity index (χ0) is 15.2. The Labute approximate surface area is 130 Å². The Bertz CT molecular complexity index is 562. The minimum absolute atomic E-state index is 0.0714. The molecular weight excluding hydrogens is 320 g/mol. The quantitative estimate of drug-likeness (QED) is 0.809. The number of benzene rings is 1. The molecule has 2 N–H and O–H groups in total. The van der Waals surface area contributed by atoms with Crippen molar-refractivity contribution in [1.82, 2.24) is 5.32 Å². The Balaban J connectivity index is 1.81. The second-order valence-corrected chi connectivity index (χ2v) is 6.10. The van der Waals surface area contributed by atoms with Crippen molar-refractivity contribution in [1.29, 1.82) is 0 Å². The first-order valence-electron chi connectivity index (χ1n) is 6.22. The van der Waals surface area contributed by atoms with Crippen LogP contribution in [0.5, 0.6) is 5.75 Å². The molecule has 0 aliphatic heterocycles. The second-order valence-electron chi connectivity index (χ2n) is 4.30. The van der Waals surface area contributed by atoms with Gasteiger partial charge in [0, 0.05) is 18.0 Å². The van der Waals surface area contributed by atoms with Crippen molar-refractivity contribution in [3.8, 4) is 5.75 Å². The molecule has 0 spiro atoms. The maximum absolute atomic E-state index is 12.0. The van der Waals surface area contributed by atoms with Gasteiger partial charge >= 0.3 is 6.61 Å². The summed E-state index contributed by atoms with van der Waals surface area (Å²) in [6.07, 6.45) is -0.721. The normalized spacial score (nSPS) is 12.6. The topological polar surface area (TPSA) is 41.5 Å². The standard InChI is InChI=1S/C14H14ClF2NO2S/c15-13-6-5-11(21-13)7-18-8-12(19)9-1-3-10(4-2-9)20-14(16)17/h1-6,12,14,18-19H,7-8H2. The van der Waals surface area contributed by atoms with Crippen molar-refractivity contribution in [2.45, 2.75) is 19.3 Å². The van der Waals surface area contributed by atoms with E-state index in [4.69, 9.17) is 11.6 Å². The number of aliphatic hydroxyl groups is 1. The number of halogens is 3. The zero-order valence-electron chi connectivity index (χ0n) is 10.9. The van der Waals surface area contributed by atoms with Crippen molar-refractivity contribution in [2.75, 3.05) is 6.54 Å². The molecule has 0 amide bonds. The molecule has 0 saturated carbocycles. The first-order valence-corrected chi connectivity index (χ1v) is 7.42. The Morgan fingerprint density at radius 3 is 2.48 bits per heavy atom. The SMILES string of the molecule is OC(CNCc1ccc(Cl)s1)c1ccc(OC(F)F)cc1. The van der Waals surface area contributed by atoms with Gasteiger partial charge in [0.2, 0.25) is 0 Å². The van der Waals surface area contributed by atoms with Crippen LogP contribution in [0.2, 0.25) is 4.34 Å². The number of hydrogen-bond acceptors (Lipinski definition) is 4. The van der Waals surface area contributed by atoms with Gasteiger partial charge in [-0.15, -0.1) is 11.3 Å². The molecule has 0 radical (unpaired) electrons. The highest BCUT2D eigenvalue weighted by Crippen LogP contribution is 2.22. The molecule has 0 aliphatic rings. The average Bonchev–Trinajstić information content (AvgIpc) is 2.84. The van der Waals surface area contributed by atoms with Crippen LogP contribution < -0.4 is 10.1 Å². The van der Waals surface area contributed by atoms with Crippen LogP contribution in [-0.4, -0.2) is 18.3 Å². The molecule has 1 aromatic heterocycles. The number of nitrogens with one attached hydrogen (secondary N) is 1. The molecule has 21 heavy (non-hydrogen) atoms. The molecule has 0 bridgehead atoms. The number of thiophene rings is 1. The summed E-state index contributed by atoms with van der Waals surface area (Å²) >= 11 is 7.30. The van der Waals surface area contributed by atoms with E-state index in [2.05, 4.69) is 10.1 Å². The van der Waals surface area contributed by atoms with Gasteiger partial charge in [0.05, 0.1) is 10.4 Å². The maximum atomic E-state index is 12.0. The monoisotopic (exact) mass is 333 g/mol. The maximum Gasteiger partial charge on any atom is 0.387 e. The number of hydrogen-bond donors (Lipinski definition) is 2. The van der Waals surface area contributed by atoms with E-state index in [-0.39, 0.29) is 5.75 Å². The lowest BCUT2D eigenvalue weighted by molar-refractivity contribution is -0.0498. The van der Waals surface area contributed by atoms with E-state index in [0.717, 1.165) is 9.21 Å². The van der Waals surface area contributed by atoms with E-state index in [1.807, 2.05) is 12.1 Å². The summed E-state index contributed by atoms with van der Waals surface area (Å²) in [5.74, 6) is 0.0714. The van der Waals surface area contributed by atoms with Crippen molar-refractivity contribution in [3.63, 3.8) is 0 Å². The lowest BCUT2D eigenvalue weighted by atomic mass is 10.1. The molecule has 2 aromatic rings. The van der Waals surface area contributed by atoms with Crippen LogP contribution in [0.4, 0.5) is 8.78 Å². The molecule has 114 valence electrons. The molecule has 3 nitrogen and oxygen atoms in total. The van der Waals surface area contributed by atoms with Gasteiger partial charge < -0.3 is 15.2 Å². The van der Waals surface area contributed by atoms with Gasteiger partial charge in [0.25, 0.3) is 0 Å². The molecule has 1 atom stereocenters. The molecule has 7 heteroatoms. The summed E-state index contributed by atoms with van der Waals surface area (Å²) < 4.78 is 29.0. The smallest absolute Gasteiger partial charge is 0.387 e. The molecule has 0 saturated heterocycles. The summed E-state index contributed by atoms with van der Waals surface area (Å²) in [5, 5.41) is 13.1. The number of aliphatic hydroxyl groups excluding tert-OH is 1. The highest BCUT2D eigenvalue weighted by molar-refractivity contribution is 7.16. The van der Waals surface area contributed by atoms with E-state index < -0.39 is 12.7 Å². The highest BCUT2D eigenvalue weighted by Gasteiger charge is 2.09. The fourth-order valence-corrected chi connectivity index (χ4v) is 2.83. The lowest BCUT2D eigenvalue weighted by Gasteiger charge is -2.12. The largest absolute Gasteiger partial charge is 0.435 e. The van der Waals surface area contributed by atoms with Crippen LogP contribution in [0.25, 0.3) is 0 Å². The van der Waals surface area contributed by atoms with E-state index in [1.54, 1.807) is 12.1 Å². The first kappa shape index (κ1) is 16.2. The van der Waals surface area contributed by atoms with Gasteiger partial charge in [-0.1, -0.05) is 23.7 Å². The van der Waals surface area contributed by atoms with E-state index in [9.17, 15) is 13.9 Å². The van der Waals surface area contributed by atoms with Crippen LogP contribution in [0.15, 0.2) is 36.4 Å². The van der Waals surface area contributed by atoms with E-state index in [0.29, 0.717) is 18.7 Å². The molecule has 0 fully saturated rings. The molecule has 1 unspecified atom stereocenters. The van der Waals surface area contributed by atoms with Crippen LogP contribution in [-0.2, 0) is 6.54 Å². The molecule has 1 heterocycles. The van der Waals surface area contributed by atoms with Gasteiger partial charge in [-0.3, -0.25) is 0 Å². The summed E-state index contributed by atoms with van der Waals surface area (Å²) in [7, 11) is 0. The third-order valence-electron chi connectivity index (χ3n) is 2.76. The lowest BCUT2D eigenvalue weighted by Crippen LogP contribution is -2.20. The van der Waals surface area contributed by atoms with Gasteiger partial charge in [-0.25, -0.2) is 0 Å². The Morgan fingerprint density at radius 1 is 1.19 bits per heavy atom. The predicted molar refractivity (Wildman–Crippen MR) is 79.1 cm³/mol. The third-order valence-corrected chi connectivity index (χ3v) is 3.99. The van der Waals surface area contributed by atoms with Gasteiger partial charge in [0.15, 0.2) is 0 Å². The van der Waals surface area contributed by atoms with Gasteiger partial charge in [0.1, 0.15) is 5.75 Å². The Kier molecular flexibility index (Phi) is 5.93. The van der Waals surface area contributed by atoms with Gasteiger partial charge in [-0.2, -0.15) is 8.78 Å². The van der Waals surface area contributed by atoms with Crippen molar-refractivity contribution >= 4 is 22.9 Å². The third kappa shape index (κ3) is 5.24. The summed E-state index contributed by atoms with van der Waals surface area (Å²) in [6, 6.07) is 9.68. The minimum Gasteiger partial charge on any atom is -0.435 e. The Morgan fingerprint density at radius 2 is 1.90 bits per heavy atom. The highest BCUT2D eigenvalue weighted by atomic mass is 35.5. The van der Waals surface area contributed by atoms with E-state index in [1.165, 1.54) is 23.5 Å². The van der Waals surface area contributed by atoms with Crippen LogP contribution in [0, 0.1) is 0 Å². The van der Waals surface area contributed by atoms with Gasteiger partial charge in [-0.05, 0) is 29.8 Å². The van der Waals surface area contributed by atoms with Crippen molar-refractivity contribution in [3.05, 3.63) is 51.2 Å². The summed E-state index contributed by atoms with van der Waals surface area (Å²) in [6.45, 7) is -1.88. The summed E-state index contributed by atoms with van der Waals surface area (Å²) in [5.41, 5.74) is 0.633. The Hall–Kier alpha value is -1.21. The summed E-state index contributed by atoms with van der Waals surface area (Å²) in [4.78, 5) is 1.08. The second kappa shape index (κ2) is 7.70. The molecule has 0 aliphatic carbocycles. The minimum atomic E-state index is -2.85. The van der Waals surface area contributed by atoms with E-state index >= 15 is 0 Å². The predicted octanol–water partition coefficient (Wildman–Crippen LogP) is 3.83. The van der Waals surface area contributed by atoms with Crippen LogP contribution >= 0.6 is 22.9 Å². The van der Waals surface area contributed by atoms with Crippen molar-refractivity contribution in [2.24, 2.45) is 0 Å². The average molecular weight is 334 g/mol. The molecule has 1 aromatic carbocycles. The van der Waals surface area contributed by atoms with Crippen LogP contribution in [0.3, 0.4) is 0 Å². The number of rotatable bonds is 7. The number of ether oxygens (including phenoxy) is 1. The number of alkyl halides is 2. The molecular formula is C14H14ClF2NO2S. The fraction of sp³-hybridized carbons (Fsp3) is 0.286. The van der Waals surface area contributed by atoms with Crippen LogP contribution in [0.1, 0.15) is 16.5 Å². The molecule has 2 rings (SSSR count). The zero-order valence-corrected chi connectivity index (χ0v) is 12.5.